The van der Waals surface area contributed by atoms with E-state index in [1.165, 1.54) is 0 Å². The molecule has 3 nitrogen and oxygen atoms in total. The molecule has 0 saturated carbocycles. The van der Waals surface area contributed by atoms with Crippen molar-refractivity contribution in [2.45, 2.75) is 51.4 Å². The number of hydrogen-bond donors (Lipinski definition) is 2. The minimum atomic E-state index is -0.00463. The van der Waals surface area contributed by atoms with Crippen LogP contribution in [0.5, 0.6) is 0 Å². The Morgan fingerprint density at radius 2 is 2.00 bits per heavy atom. The van der Waals surface area contributed by atoms with Crippen LogP contribution in [0.1, 0.15) is 34.1 Å². The molecular weight excluding hydrogens is 196 g/mol. The molecule has 1 amide bonds. The molecule has 0 fully saturated rings. The van der Waals surface area contributed by atoms with Gasteiger partial charge >= 0.3 is 0 Å². The summed E-state index contributed by atoms with van der Waals surface area (Å²) in [5.41, 5.74) is 5.62. The first-order valence-electron chi connectivity index (χ1n) is 5.14. The van der Waals surface area contributed by atoms with E-state index in [2.05, 4.69) is 12.2 Å². The lowest BCUT2D eigenvalue weighted by Crippen LogP contribution is -2.37. The van der Waals surface area contributed by atoms with E-state index in [1.54, 1.807) is 11.8 Å². The Labute approximate surface area is 91.2 Å². The zero-order valence-corrected chi connectivity index (χ0v) is 10.4. The van der Waals surface area contributed by atoms with E-state index >= 15 is 0 Å². The van der Waals surface area contributed by atoms with Gasteiger partial charge < -0.3 is 11.1 Å². The highest BCUT2D eigenvalue weighted by Gasteiger charge is 2.14. The van der Waals surface area contributed by atoms with Crippen molar-refractivity contribution < 1.29 is 4.79 Å². The van der Waals surface area contributed by atoms with Gasteiger partial charge in [-0.3, -0.25) is 4.79 Å². The van der Waals surface area contributed by atoms with Crippen molar-refractivity contribution in [2.75, 3.05) is 5.75 Å². The minimum absolute atomic E-state index is 0.00463. The Balaban J connectivity index is 3.76. The van der Waals surface area contributed by atoms with Crippen LogP contribution in [0, 0.1) is 0 Å². The standard InChI is InChI=1S/C10H22N2OS/c1-5-8(3)12-10(13)9(4)14-6-7(2)11/h7-9H,5-6,11H2,1-4H3,(H,12,13). The molecule has 0 aliphatic heterocycles. The van der Waals surface area contributed by atoms with Crippen LogP contribution in [0.15, 0.2) is 0 Å². The quantitative estimate of drug-likeness (QED) is 0.708. The van der Waals surface area contributed by atoms with Crippen LogP contribution >= 0.6 is 11.8 Å². The van der Waals surface area contributed by atoms with Gasteiger partial charge in [0, 0.05) is 17.8 Å². The molecule has 0 rings (SSSR count). The highest BCUT2D eigenvalue weighted by Crippen LogP contribution is 2.11. The summed E-state index contributed by atoms with van der Waals surface area (Å²) in [5, 5.41) is 2.95. The SMILES string of the molecule is CCC(C)NC(=O)C(C)SCC(C)N. The lowest BCUT2D eigenvalue weighted by Gasteiger charge is -2.16. The normalized spacial score (nSPS) is 17.2. The van der Waals surface area contributed by atoms with E-state index in [-0.39, 0.29) is 23.2 Å². The maximum absolute atomic E-state index is 11.6. The highest BCUT2D eigenvalue weighted by molar-refractivity contribution is 8.00. The molecule has 0 aliphatic rings. The van der Waals surface area contributed by atoms with Crippen molar-refractivity contribution in [1.29, 1.82) is 0 Å². The first-order chi connectivity index (χ1) is 6.47. The fourth-order valence-electron chi connectivity index (χ4n) is 0.834. The molecule has 0 aliphatic carbocycles. The topological polar surface area (TPSA) is 55.1 Å². The zero-order chi connectivity index (χ0) is 11.1. The van der Waals surface area contributed by atoms with Gasteiger partial charge in [-0.1, -0.05) is 6.92 Å². The van der Waals surface area contributed by atoms with Crippen molar-refractivity contribution in [1.82, 2.24) is 5.32 Å². The average Bonchev–Trinajstić information content (AvgIpc) is 2.13. The molecule has 4 heteroatoms. The molecule has 3 N–H and O–H groups in total. The lowest BCUT2D eigenvalue weighted by molar-refractivity contribution is -0.120. The lowest BCUT2D eigenvalue weighted by atomic mass is 10.2. The second-order valence-corrected chi connectivity index (χ2v) is 5.14. The van der Waals surface area contributed by atoms with Gasteiger partial charge in [-0.05, 0) is 27.2 Å². The Kier molecular flexibility index (Phi) is 7.01. The summed E-state index contributed by atoms with van der Waals surface area (Å²) in [6.07, 6.45) is 0.969. The smallest absolute Gasteiger partial charge is 0.233 e. The summed E-state index contributed by atoms with van der Waals surface area (Å²) in [7, 11) is 0. The number of nitrogens with two attached hydrogens (primary N) is 1. The second-order valence-electron chi connectivity index (χ2n) is 3.77. The van der Waals surface area contributed by atoms with Crippen LogP contribution < -0.4 is 11.1 Å². The van der Waals surface area contributed by atoms with Gasteiger partial charge in [-0.2, -0.15) is 0 Å². The molecule has 0 heterocycles. The van der Waals surface area contributed by atoms with Gasteiger partial charge in [0.2, 0.25) is 5.91 Å². The van der Waals surface area contributed by atoms with E-state index in [9.17, 15) is 4.79 Å². The number of nitrogens with one attached hydrogen (secondary N) is 1. The summed E-state index contributed by atoms with van der Waals surface area (Å²) in [5.74, 6) is 0.944. The zero-order valence-electron chi connectivity index (χ0n) is 9.54. The predicted octanol–water partition coefficient (Wildman–Crippen LogP) is 1.37. The monoisotopic (exact) mass is 218 g/mol. The summed E-state index contributed by atoms with van der Waals surface area (Å²) in [4.78, 5) is 11.6. The molecule has 84 valence electrons. The van der Waals surface area contributed by atoms with Crippen molar-refractivity contribution in [3.05, 3.63) is 0 Å². The average molecular weight is 218 g/mol. The largest absolute Gasteiger partial charge is 0.353 e. The predicted molar refractivity (Wildman–Crippen MR) is 63.5 cm³/mol. The molecule has 0 radical (unpaired) electrons. The molecule has 0 bridgehead atoms. The van der Waals surface area contributed by atoms with Crippen LogP contribution in [0.2, 0.25) is 0 Å². The Morgan fingerprint density at radius 1 is 1.43 bits per heavy atom. The van der Waals surface area contributed by atoms with Crippen LogP contribution in [0.25, 0.3) is 0 Å². The first kappa shape index (κ1) is 13.8. The molecule has 0 aromatic carbocycles. The third-order valence-electron chi connectivity index (χ3n) is 1.98. The van der Waals surface area contributed by atoms with Crippen LogP contribution in [0.3, 0.4) is 0 Å². The molecule has 3 unspecified atom stereocenters. The maximum atomic E-state index is 11.6. The third-order valence-corrected chi connectivity index (χ3v) is 3.41. The Bertz CT molecular complexity index is 174. The van der Waals surface area contributed by atoms with Crippen LogP contribution in [-0.4, -0.2) is 29.0 Å². The van der Waals surface area contributed by atoms with Gasteiger partial charge in [-0.25, -0.2) is 0 Å². The van der Waals surface area contributed by atoms with Crippen molar-refractivity contribution in [2.24, 2.45) is 5.73 Å². The van der Waals surface area contributed by atoms with Crippen LogP contribution in [0.4, 0.5) is 0 Å². The highest BCUT2D eigenvalue weighted by atomic mass is 32.2. The van der Waals surface area contributed by atoms with Gasteiger partial charge in [-0.15, -0.1) is 11.8 Å². The minimum Gasteiger partial charge on any atom is -0.353 e. The van der Waals surface area contributed by atoms with Crippen molar-refractivity contribution in [3.8, 4) is 0 Å². The molecule has 0 aromatic rings. The summed E-state index contributed by atoms with van der Waals surface area (Å²) >= 11 is 1.61. The van der Waals surface area contributed by atoms with Gasteiger partial charge in [0.1, 0.15) is 0 Å². The molecule has 3 atom stereocenters. The summed E-state index contributed by atoms with van der Waals surface area (Å²) in [6, 6.07) is 0.416. The fraction of sp³-hybridized carbons (Fsp3) is 0.900. The van der Waals surface area contributed by atoms with E-state index < -0.39 is 0 Å². The number of hydrogen-bond acceptors (Lipinski definition) is 3. The van der Waals surface area contributed by atoms with Crippen molar-refractivity contribution in [3.63, 3.8) is 0 Å². The first-order valence-corrected chi connectivity index (χ1v) is 6.19. The molecular formula is C10H22N2OS. The van der Waals surface area contributed by atoms with Gasteiger partial charge in [0.15, 0.2) is 0 Å². The van der Waals surface area contributed by atoms with Gasteiger partial charge in [0.05, 0.1) is 5.25 Å². The van der Waals surface area contributed by atoms with Crippen LogP contribution in [-0.2, 0) is 4.79 Å². The molecule has 0 saturated heterocycles. The number of amides is 1. The Hall–Kier alpha value is -0.220. The summed E-state index contributed by atoms with van der Waals surface area (Å²) in [6.45, 7) is 7.95. The summed E-state index contributed by atoms with van der Waals surface area (Å²) < 4.78 is 0. The molecule has 0 spiro atoms. The van der Waals surface area contributed by atoms with E-state index in [4.69, 9.17) is 5.73 Å². The van der Waals surface area contributed by atoms with Gasteiger partial charge in [0.25, 0.3) is 0 Å². The molecule has 0 aromatic heterocycles. The van der Waals surface area contributed by atoms with E-state index in [0.717, 1.165) is 12.2 Å². The van der Waals surface area contributed by atoms with Crippen molar-refractivity contribution >= 4 is 17.7 Å². The number of carbonyl (C=O) groups is 1. The number of carbonyl (C=O) groups excluding carboxylic acids is 1. The second kappa shape index (κ2) is 7.12. The molecule has 14 heavy (non-hydrogen) atoms. The number of rotatable bonds is 6. The van der Waals surface area contributed by atoms with E-state index in [1.807, 2.05) is 20.8 Å². The maximum Gasteiger partial charge on any atom is 0.233 e. The number of thioether (sulfide) groups is 1. The third kappa shape index (κ3) is 6.27. The van der Waals surface area contributed by atoms with E-state index in [0.29, 0.717) is 0 Å². The Morgan fingerprint density at radius 3 is 2.43 bits per heavy atom. The fourth-order valence-corrected chi connectivity index (χ4v) is 1.65.